The van der Waals surface area contributed by atoms with Gasteiger partial charge in [0.25, 0.3) is 5.91 Å². The fraction of sp³-hybridized carbons (Fsp3) is 0.154. The summed E-state index contributed by atoms with van der Waals surface area (Å²) in [6.07, 6.45) is 0. The van der Waals surface area contributed by atoms with Crippen LogP contribution in [0.3, 0.4) is 0 Å². The van der Waals surface area contributed by atoms with Gasteiger partial charge >= 0.3 is 0 Å². The molecular formula is C13H13N3O3S. The van der Waals surface area contributed by atoms with E-state index >= 15 is 0 Å². The Morgan fingerprint density at radius 2 is 1.85 bits per heavy atom. The van der Waals surface area contributed by atoms with Gasteiger partial charge in [0.05, 0.1) is 5.51 Å². The van der Waals surface area contributed by atoms with Crippen molar-refractivity contribution >= 4 is 34.5 Å². The van der Waals surface area contributed by atoms with Gasteiger partial charge in [-0.3, -0.25) is 9.59 Å². The maximum absolute atomic E-state index is 11.8. The highest BCUT2D eigenvalue weighted by molar-refractivity contribution is 7.07. The van der Waals surface area contributed by atoms with Crippen LogP contribution < -0.4 is 10.6 Å². The summed E-state index contributed by atoms with van der Waals surface area (Å²) in [7, 11) is 1.46. The molecule has 2 amide bonds. The zero-order valence-corrected chi connectivity index (χ0v) is 11.6. The molecule has 0 fully saturated rings. The zero-order chi connectivity index (χ0) is 14.4. The van der Waals surface area contributed by atoms with Gasteiger partial charge in [-0.05, 0) is 24.3 Å². The van der Waals surface area contributed by atoms with Crippen molar-refractivity contribution in [3.63, 3.8) is 0 Å². The average Bonchev–Trinajstić information content (AvgIpc) is 2.95. The molecule has 0 saturated heterocycles. The number of hydrogen-bond donors (Lipinski definition) is 2. The molecule has 0 radical (unpaired) electrons. The Labute approximate surface area is 119 Å². The lowest BCUT2D eigenvalue weighted by Gasteiger charge is -2.06. The Kier molecular flexibility index (Phi) is 4.80. The topological polar surface area (TPSA) is 80.3 Å². The third kappa shape index (κ3) is 3.87. The van der Waals surface area contributed by atoms with Gasteiger partial charge in [0, 0.05) is 23.9 Å². The highest BCUT2D eigenvalue weighted by atomic mass is 32.1. The van der Waals surface area contributed by atoms with Gasteiger partial charge in [-0.15, -0.1) is 11.3 Å². The highest BCUT2D eigenvalue weighted by Crippen LogP contribution is 2.14. The Morgan fingerprint density at radius 1 is 1.20 bits per heavy atom. The van der Waals surface area contributed by atoms with Crippen LogP contribution in [0, 0.1) is 0 Å². The Balaban J connectivity index is 1.95. The second-order valence-corrected chi connectivity index (χ2v) is 4.61. The Bertz CT molecular complexity index is 581. The van der Waals surface area contributed by atoms with Crippen molar-refractivity contribution in [2.75, 3.05) is 24.4 Å². The first-order chi connectivity index (χ1) is 9.69. The van der Waals surface area contributed by atoms with Gasteiger partial charge in [0.15, 0.2) is 0 Å². The molecule has 104 valence electrons. The minimum Gasteiger partial charge on any atom is -0.375 e. The van der Waals surface area contributed by atoms with Gasteiger partial charge in [0.1, 0.15) is 12.3 Å². The first kappa shape index (κ1) is 14.2. The Morgan fingerprint density at radius 3 is 2.40 bits per heavy atom. The second-order valence-electron chi connectivity index (χ2n) is 3.89. The van der Waals surface area contributed by atoms with Crippen LogP contribution in [0.4, 0.5) is 11.4 Å². The Hall–Kier alpha value is -2.25. The molecule has 0 atom stereocenters. The largest absolute Gasteiger partial charge is 0.375 e. The molecule has 6 nitrogen and oxygen atoms in total. The van der Waals surface area contributed by atoms with Gasteiger partial charge in [-0.25, -0.2) is 4.98 Å². The van der Waals surface area contributed by atoms with Crippen molar-refractivity contribution in [1.29, 1.82) is 0 Å². The lowest BCUT2D eigenvalue weighted by atomic mass is 10.2. The molecule has 7 heteroatoms. The van der Waals surface area contributed by atoms with Crippen LogP contribution in [0.15, 0.2) is 35.2 Å². The van der Waals surface area contributed by atoms with E-state index < -0.39 is 0 Å². The maximum atomic E-state index is 11.8. The number of methoxy groups -OCH3 is 1. The molecular weight excluding hydrogens is 278 g/mol. The van der Waals surface area contributed by atoms with Crippen LogP contribution in [-0.2, 0) is 9.53 Å². The molecule has 0 spiro atoms. The number of rotatable bonds is 5. The summed E-state index contributed by atoms with van der Waals surface area (Å²) in [4.78, 5) is 27.0. The number of nitrogens with zero attached hydrogens (tertiary/aromatic N) is 1. The molecule has 20 heavy (non-hydrogen) atoms. The lowest BCUT2D eigenvalue weighted by molar-refractivity contribution is -0.119. The van der Waals surface area contributed by atoms with E-state index in [4.69, 9.17) is 4.74 Å². The number of carbonyl (C=O) groups excluding carboxylic acids is 2. The molecule has 0 bridgehead atoms. The minimum atomic E-state index is -0.262. The quantitative estimate of drug-likeness (QED) is 0.882. The predicted molar refractivity (Wildman–Crippen MR) is 77.0 cm³/mol. The van der Waals surface area contributed by atoms with Crippen LogP contribution in [0.5, 0.6) is 0 Å². The van der Waals surface area contributed by atoms with Crippen LogP contribution in [-0.4, -0.2) is 30.5 Å². The molecule has 0 aliphatic carbocycles. The van der Waals surface area contributed by atoms with E-state index in [2.05, 4.69) is 15.6 Å². The third-order valence-electron chi connectivity index (χ3n) is 2.37. The molecule has 0 saturated carbocycles. The van der Waals surface area contributed by atoms with E-state index in [1.807, 2.05) is 0 Å². The third-order valence-corrected chi connectivity index (χ3v) is 2.95. The predicted octanol–water partition coefficient (Wildman–Crippen LogP) is 1.98. The summed E-state index contributed by atoms with van der Waals surface area (Å²) >= 11 is 1.36. The van der Waals surface area contributed by atoms with Gasteiger partial charge in [0.2, 0.25) is 5.91 Å². The van der Waals surface area contributed by atoms with Crippen molar-refractivity contribution in [3.05, 3.63) is 40.8 Å². The fourth-order valence-electron chi connectivity index (χ4n) is 1.48. The number of benzene rings is 1. The van der Waals surface area contributed by atoms with Crippen molar-refractivity contribution in [1.82, 2.24) is 4.98 Å². The first-order valence-electron chi connectivity index (χ1n) is 5.77. The number of aromatic nitrogens is 1. The zero-order valence-electron chi connectivity index (χ0n) is 10.8. The molecule has 1 aromatic carbocycles. The van der Waals surface area contributed by atoms with Crippen LogP contribution in [0.2, 0.25) is 0 Å². The summed E-state index contributed by atoms with van der Waals surface area (Å²) in [6, 6.07) is 6.80. The van der Waals surface area contributed by atoms with Gasteiger partial charge in [-0.1, -0.05) is 0 Å². The normalized spacial score (nSPS) is 10.1. The lowest BCUT2D eigenvalue weighted by Crippen LogP contribution is -2.17. The number of amides is 2. The molecule has 0 unspecified atom stereocenters. The number of hydrogen-bond acceptors (Lipinski definition) is 5. The number of nitrogens with one attached hydrogen (secondary N) is 2. The molecule has 2 N–H and O–H groups in total. The number of carbonyl (C=O) groups is 2. The van der Waals surface area contributed by atoms with Crippen LogP contribution in [0.25, 0.3) is 0 Å². The van der Waals surface area contributed by atoms with Crippen molar-refractivity contribution in [2.45, 2.75) is 0 Å². The summed E-state index contributed by atoms with van der Waals surface area (Å²) in [5, 5.41) is 7.06. The molecule has 1 heterocycles. The smallest absolute Gasteiger partial charge is 0.275 e. The first-order valence-corrected chi connectivity index (χ1v) is 6.71. The van der Waals surface area contributed by atoms with E-state index in [0.717, 1.165) is 0 Å². The van der Waals surface area contributed by atoms with Crippen LogP contribution in [0.1, 0.15) is 10.5 Å². The summed E-state index contributed by atoms with van der Waals surface area (Å²) in [6.45, 7) is 0.00229. The fourth-order valence-corrected chi connectivity index (χ4v) is 2.02. The number of anilines is 2. The molecule has 1 aromatic heterocycles. The highest BCUT2D eigenvalue weighted by Gasteiger charge is 2.08. The van der Waals surface area contributed by atoms with E-state index in [-0.39, 0.29) is 18.4 Å². The maximum Gasteiger partial charge on any atom is 0.275 e. The monoisotopic (exact) mass is 291 g/mol. The molecule has 0 aliphatic rings. The molecule has 2 rings (SSSR count). The van der Waals surface area contributed by atoms with E-state index in [9.17, 15) is 9.59 Å². The van der Waals surface area contributed by atoms with Crippen molar-refractivity contribution in [2.24, 2.45) is 0 Å². The van der Waals surface area contributed by atoms with E-state index in [1.165, 1.54) is 18.4 Å². The molecule has 0 aliphatic heterocycles. The van der Waals surface area contributed by atoms with E-state index in [0.29, 0.717) is 17.1 Å². The minimum absolute atomic E-state index is 0.00229. The summed E-state index contributed by atoms with van der Waals surface area (Å²) in [5.41, 5.74) is 3.25. The standard InChI is InChI=1S/C13H13N3O3S/c1-19-6-12(17)15-9-2-4-10(5-3-9)16-13(18)11-7-20-8-14-11/h2-5,7-8H,6H2,1H3,(H,15,17)(H,16,18). The van der Waals surface area contributed by atoms with Crippen molar-refractivity contribution in [3.8, 4) is 0 Å². The SMILES string of the molecule is COCC(=O)Nc1ccc(NC(=O)c2cscn2)cc1. The van der Waals surface area contributed by atoms with Crippen molar-refractivity contribution < 1.29 is 14.3 Å². The molecule has 2 aromatic rings. The van der Waals surface area contributed by atoms with Gasteiger partial charge in [-0.2, -0.15) is 0 Å². The number of ether oxygens (including phenoxy) is 1. The van der Waals surface area contributed by atoms with E-state index in [1.54, 1.807) is 35.2 Å². The second kappa shape index (κ2) is 6.78. The average molecular weight is 291 g/mol. The number of thiazole rings is 1. The van der Waals surface area contributed by atoms with Crippen LogP contribution >= 0.6 is 11.3 Å². The summed E-state index contributed by atoms with van der Waals surface area (Å²) < 4.78 is 4.72. The van der Waals surface area contributed by atoms with Gasteiger partial charge < -0.3 is 15.4 Å². The summed E-state index contributed by atoms with van der Waals surface area (Å²) in [5.74, 6) is -0.492.